The van der Waals surface area contributed by atoms with Gasteiger partial charge < -0.3 is 15.4 Å². The van der Waals surface area contributed by atoms with Crippen LogP contribution in [0.1, 0.15) is 66.4 Å². The summed E-state index contributed by atoms with van der Waals surface area (Å²) in [5.41, 5.74) is 1.98. The van der Waals surface area contributed by atoms with E-state index in [1.165, 1.54) is 18.3 Å². The first-order valence-corrected chi connectivity index (χ1v) is 12.0. The number of amides is 2. The highest BCUT2D eigenvalue weighted by atomic mass is 32.1. The van der Waals surface area contributed by atoms with Crippen LogP contribution in [0.3, 0.4) is 0 Å². The number of rotatable bonds is 7. The number of nitrogens with one attached hydrogen (secondary N) is 2. The Morgan fingerprint density at radius 2 is 1.76 bits per heavy atom. The third kappa shape index (κ3) is 5.99. The van der Waals surface area contributed by atoms with Gasteiger partial charge in [-0.25, -0.2) is 4.79 Å². The summed E-state index contributed by atoms with van der Waals surface area (Å²) in [6.07, 6.45) is 3.91. The van der Waals surface area contributed by atoms with Gasteiger partial charge in [-0.05, 0) is 56.2 Å². The number of ether oxygens (including phenoxy) is 1. The van der Waals surface area contributed by atoms with Gasteiger partial charge in [0.05, 0.1) is 5.56 Å². The van der Waals surface area contributed by atoms with Gasteiger partial charge in [0.2, 0.25) is 0 Å². The van der Waals surface area contributed by atoms with Crippen molar-refractivity contribution in [3.8, 4) is 6.07 Å². The van der Waals surface area contributed by atoms with Gasteiger partial charge in [-0.1, -0.05) is 38.5 Å². The molecule has 2 aromatic rings. The van der Waals surface area contributed by atoms with Gasteiger partial charge in [0.25, 0.3) is 11.8 Å². The topological polar surface area (TPSA) is 108 Å². The fourth-order valence-electron chi connectivity index (χ4n) is 3.78. The van der Waals surface area contributed by atoms with Crippen LogP contribution >= 0.6 is 11.3 Å². The molecule has 8 heteroatoms. The molecule has 0 bridgehead atoms. The lowest BCUT2D eigenvalue weighted by molar-refractivity contribution is -0.156. The van der Waals surface area contributed by atoms with E-state index in [-0.39, 0.29) is 11.8 Å². The van der Waals surface area contributed by atoms with Crippen LogP contribution < -0.4 is 10.6 Å². The van der Waals surface area contributed by atoms with Crippen LogP contribution in [0.2, 0.25) is 0 Å². The number of fused-ring (bicyclic) bond motifs is 1. The molecule has 0 saturated heterocycles. The number of hydrogen-bond acceptors (Lipinski definition) is 6. The van der Waals surface area contributed by atoms with Gasteiger partial charge in [0.1, 0.15) is 17.1 Å². The molecule has 1 aliphatic carbocycles. The van der Waals surface area contributed by atoms with Crippen molar-refractivity contribution >= 4 is 34.1 Å². The second-order valence-electron chi connectivity index (χ2n) is 8.51. The predicted octanol–water partition coefficient (Wildman–Crippen LogP) is 4.21. The van der Waals surface area contributed by atoms with E-state index in [4.69, 9.17) is 4.74 Å². The zero-order valence-corrected chi connectivity index (χ0v) is 20.0. The van der Waals surface area contributed by atoms with Crippen LogP contribution in [0.15, 0.2) is 30.3 Å². The van der Waals surface area contributed by atoms with Crippen LogP contribution in [-0.4, -0.2) is 29.9 Å². The Balaban J connectivity index is 1.65. The maximum atomic E-state index is 12.8. The van der Waals surface area contributed by atoms with Gasteiger partial charge in [0.15, 0.2) is 6.10 Å². The third-order valence-corrected chi connectivity index (χ3v) is 6.88. The second kappa shape index (κ2) is 11.1. The summed E-state index contributed by atoms with van der Waals surface area (Å²) in [5, 5.41) is 15.6. The van der Waals surface area contributed by atoms with Crippen LogP contribution in [-0.2, 0) is 27.2 Å². The Morgan fingerprint density at radius 1 is 1.06 bits per heavy atom. The highest BCUT2D eigenvalue weighted by molar-refractivity contribution is 7.16. The lowest BCUT2D eigenvalue weighted by atomic mass is 10.0. The maximum absolute atomic E-state index is 12.8. The smallest absolute Gasteiger partial charge is 0.329 e. The van der Waals surface area contributed by atoms with Crippen molar-refractivity contribution in [3.05, 3.63) is 51.9 Å². The number of carbonyl (C=O) groups excluding carboxylic acids is 3. The quantitative estimate of drug-likeness (QED) is 0.468. The van der Waals surface area contributed by atoms with E-state index >= 15 is 0 Å². The predicted molar refractivity (Wildman–Crippen MR) is 127 cm³/mol. The summed E-state index contributed by atoms with van der Waals surface area (Å²) in [6.45, 7) is 5.06. The molecule has 0 radical (unpaired) electrons. The fraction of sp³-hybridized carbons (Fsp3) is 0.440. The molecule has 0 spiro atoms. The minimum atomic E-state index is -1.08. The van der Waals surface area contributed by atoms with Gasteiger partial charge in [0, 0.05) is 10.4 Å². The van der Waals surface area contributed by atoms with Gasteiger partial charge >= 0.3 is 5.97 Å². The SMILES string of the molecule is CC(OC(=O)[C@@H](NC(=O)c1ccccc1)C(C)C)C(=O)Nc1sc2c(c1C#N)CCCCC2. The average molecular weight is 468 g/mol. The van der Waals surface area contributed by atoms with Gasteiger partial charge in [-0.3, -0.25) is 9.59 Å². The summed E-state index contributed by atoms with van der Waals surface area (Å²) in [6, 6.07) is 9.92. The number of nitriles is 1. The molecular formula is C25H29N3O4S. The monoisotopic (exact) mass is 467 g/mol. The molecular weight excluding hydrogens is 438 g/mol. The second-order valence-corrected chi connectivity index (χ2v) is 9.62. The van der Waals surface area contributed by atoms with Crippen molar-refractivity contribution in [3.63, 3.8) is 0 Å². The number of hydrogen-bond donors (Lipinski definition) is 2. The van der Waals surface area contributed by atoms with Gasteiger partial charge in [-0.15, -0.1) is 11.3 Å². The van der Waals surface area contributed by atoms with Crippen molar-refractivity contribution in [1.29, 1.82) is 5.26 Å². The molecule has 0 aliphatic heterocycles. The first kappa shape index (κ1) is 24.5. The fourth-order valence-corrected chi connectivity index (χ4v) is 5.02. The average Bonchev–Trinajstić information content (AvgIpc) is 2.95. The zero-order valence-electron chi connectivity index (χ0n) is 19.1. The number of aryl methyl sites for hydroxylation is 1. The van der Waals surface area contributed by atoms with Crippen LogP contribution in [0.4, 0.5) is 5.00 Å². The van der Waals surface area contributed by atoms with Crippen LogP contribution in [0, 0.1) is 17.2 Å². The number of carbonyl (C=O) groups is 3. The van der Waals surface area contributed by atoms with Crippen LogP contribution in [0.25, 0.3) is 0 Å². The van der Waals surface area contributed by atoms with Crippen molar-refractivity contribution in [2.75, 3.05) is 5.32 Å². The standard InChI is InChI=1S/C25H29N3O4S/c1-15(2)21(27-23(30)17-10-6-4-7-11-17)25(31)32-16(3)22(29)28-24-19(14-26)18-12-8-5-9-13-20(18)33-24/h4,6-7,10-11,15-16,21H,5,8-9,12-13H2,1-3H3,(H,27,30)(H,28,29)/t16?,21-/m0/s1. The number of thiophene rings is 1. The molecule has 1 unspecified atom stereocenters. The maximum Gasteiger partial charge on any atom is 0.329 e. The minimum Gasteiger partial charge on any atom is -0.451 e. The molecule has 2 N–H and O–H groups in total. The lowest BCUT2D eigenvalue weighted by Crippen LogP contribution is -2.47. The molecule has 7 nitrogen and oxygen atoms in total. The molecule has 1 heterocycles. The van der Waals surface area contributed by atoms with E-state index in [0.717, 1.165) is 42.5 Å². The first-order chi connectivity index (χ1) is 15.8. The summed E-state index contributed by atoms with van der Waals surface area (Å²) in [4.78, 5) is 39.2. The molecule has 3 rings (SSSR count). The minimum absolute atomic E-state index is 0.237. The lowest BCUT2D eigenvalue weighted by Gasteiger charge is -2.23. The van der Waals surface area contributed by atoms with Crippen molar-refractivity contribution in [2.24, 2.45) is 5.92 Å². The summed E-state index contributed by atoms with van der Waals surface area (Å²) in [5.74, 6) is -1.81. The number of anilines is 1. The third-order valence-electron chi connectivity index (χ3n) is 5.68. The molecule has 33 heavy (non-hydrogen) atoms. The van der Waals surface area contributed by atoms with E-state index < -0.39 is 24.0 Å². The Morgan fingerprint density at radius 3 is 2.42 bits per heavy atom. The summed E-state index contributed by atoms with van der Waals surface area (Å²) < 4.78 is 5.40. The molecule has 0 saturated carbocycles. The Hall–Kier alpha value is -3.18. The highest BCUT2D eigenvalue weighted by Crippen LogP contribution is 2.37. The Labute approximate surface area is 198 Å². The molecule has 1 aliphatic rings. The highest BCUT2D eigenvalue weighted by Gasteiger charge is 2.30. The van der Waals surface area contributed by atoms with E-state index in [2.05, 4.69) is 16.7 Å². The van der Waals surface area contributed by atoms with E-state index in [0.29, 0.717) is 16.1 Å². The van der Waals surface area contributed by atoms with Crippen molar-refractivity contribution in [2.45, 2.75) is 65.0 Å². The Bertz CT molecular complexity index is 1060. The largest absolute Gasteiger partial charge is 0.451 e. The summed E-state index contributed by atoms with van der Waals surface area (Å²) in [7, 11) is 0. The van der Waals surface area contributed by atoms with E-state index in [9.17, 15) is 19.6 Å². The molecule has 1 aromatic heterocycles. The summed E-state index contributed by atoms with van der Waals surface area (Å²) >= 11 is 1.43. The van der Waals surface area contributed by atoms with Crippen LogP contribution in [0.5, 0.6) is 0 Å². The molecule has 0 fully saturated rings. The molecule has 2 amide bonds. The Kier molecular flexibility index (Phi) is 8.23. The zero-order chi connectivity index (χ0) is 24.0. The normalized spacial score (nSPS) is 14.9. The van der Waals surface area contributed by atoms with Crippen molar-refractivity contribution in [1.82, 2.24) is 5.32 Å². The number of esters is 1. The first-order valence-electron chi connectivity index (χ1n) is 11.2. The number of nitrogens with zero attached hydrogens (tertiary/aromatic N) is 1. The van der Waals surface area contributed by atoms with Gasteiger partial charge in [-0.2, -0.15) is 5.26 Å². The van der Waals surface area contributed by atoms with E-state index in [1.807, 2.05) is 0 Å². The molecule has 1 aromatic carbocycles. The molecule has 2 atom stereocenters. The van der Waals surface area contributed by atoms with Crippen molar-refractivity contribution < 1.29 is 19.1 Å². The van der Waals surface area contributed by atoms with E-state index in [1.54, 1.807) is 44.2 Å². The molecule has 174 valence electrons. The number of benzene rings is 1.